The lowest BCUT2D eigenvalue weighted by Gasteiger charge is -2.21. The van der Waals surface area contributed by atoms with E-state index in [1.807, 2.05) is 12.1 Å². The molecule has 5 heteroatoms. The normalized spacial score (nSPS) is 17.2. The zero-order valence-corrected chi connectivity index (χ0v) is 12.6. The van der Waals surface area contributed by atoms with Crippen molar-refractivity contribution in [3.8, 4) is 0 Å². The van der Waals surface area contributed by atoms with E-state index in [0.717, 1.165) is 31.5 Å². The fraction of sp³-hybridized carbons (Fsp3) is 0.412. The number of carbonyl (C=O) groups is 1. The minimum Gasteiger partial charge on any atom is -0.448 e. The quantitative estimate of drug-likeness (QED) is 0.945. The Bertz CT molecular complexity index is 718. The van der Waals surface area contributed by atoms with Gasteiger partial charge in [0, 0.05) is 30.9 Å². The van der Waals surface area contributed by atoms with Crippen molar-refractivity contribution in [1.82, 2.24) is 4.98 Å². The first-order chi connectivity index (χ1) is 10.7. The van der Waals surface area contributed by atoms with E-state index in [1.165, 1.54) is 23.9 Å². The Kier molecular flexibility index (Phi) is 3.13. The molecule has 2 heterocycles. The monoisotopic (exact) mass is 297 g/mol. The standard InChI is InChI=1S/C17H19N3O2/c1-20-8-7-11-5-6-13(9-15(11)20)18-16(21)14-10-22-17(19-14)12-3-2-4-12/h5-6,9-10,12H,2-4,7-8H2,1H3,(H,18,21). The SMILES string of the molecule is CN1CCc2ccc(NC(=O)c3coc(C4CCC4)n3)cc21. The van der Waals surface area contributed by atoms with Crippen molar-refractivity contribution in [2.24, 2.45) is 0 Å². The predicted octanol–water partition coefficient (Wildman–Crippen LogP) is 3.19. The van der Waals surface area contributed by atoms with Gasteiger partial charge in [-0.3, -0.25) is 4.79 Å². The Balaban J connectivity index is 1.49. The topological polar surface area (TPSA) is 58.4 Å². The molecule has 114 valence electrons. The molecule has 0 spiro atoms. The summed E-state index contributed by atoms with van der Waals surface area (Å²) in [6.07, 6.45) is 5.96. The van der Waals surface area contributed by atoms with Crippen LogP contribution in [0.25, 0.3) is 0 Å². The van der Waals surface area contributed by atoms with E-state index in [9.17, 15) is 4.79 Å². The number of amides is 1. The maximum absolute atomic E-state index is 12.3. The van der Waals surface area contributed by atoms with Gasteiger partial charge in [0.2, 0.25) is 0 Å². The minimum absolute atomic E-state index is 0.213. The van der Waals surface area contributed by atoms with Gasteiger partial charge < -0.3 is 14.6 Å². The largest absolute Gasteiger partial charge is 0.448 e. The smallest absolute Gasteiger partial charge is 0.277 e. The number of nitrogens with zero attached hydrogens (tertiary/aromatic N) is 2. The van der Waals surface area contributed by atoms with Crippen LogP contribution in [0.3, 0.4) is 0 Å². The first-order valence-electron chi connectivity index (χ1n) is 7.81. The Labute approximate surface area is 129 Å². The molecule has 0 saturated heterocycles. The molecule has 0 unspecified atom stereocenters. The average molecular weight is 297 g/mol. The van der Waals surface area contributed by atoms with Crippen LogP contribution in [0.1, 0.15) is 47.1 Å². The van der Waals surface area contributed by atoms with Crippen molar-refractivity contribution in [2.75, 3.05) is 23.8 Å². The van der Waals surface area contributed by atoms with Gasteiger partial charge in [0.1, 0.15) is 6.26 Å². The fourth-order valence-corrected chi connectivity index (χ4v) is 3.05. The van der Waals surface area contributed by atoms with Crippen LogP contribution in [0.2, 0.25) is 0 Å². The molecule has 0 radical (unpaired) electrons. The van der Waals surface area contributed by atoms with Gasteiger partial charge in [-0.1, -0.05) is 12.5 Å². The summed E-state index contributed by atoms with van der Waals surface area (Å²) >= 11 is 0. The number of rotatable bonds is 3. The molecule has 1 aromatic heterocycles. The predicted molar refractivity (Wildman–Crippen MR) is 84.5 cm³/mol. The van der Waals surface area contributed by atoms with Crippen LogP contribution in [0.4, 0.5) is 11.4 Å². The van der Waals surface area contributed by atoms with Crippen LogP contribution in [0.15, 0.2) is 28.9 Å². The zero-order valence-electron chi connectivity index (χ0n) is 12.6. The summed E-state index contributed by atoms with van der Waals surface area (Å²) in [5.41, 5.74) is 3.67. The van der Waals surface area contributed by atoms with Gasteiger partial charge >= 0.3 is 0 Å². The molecule has 1 aromatic carbocycles. The number of carbonyl (C=O) groups excluding carboxylic acids is 1. The molecule has 5 nitrogen and oxygen atoms in total. The highest BCUT2D eigenvalue weighted by Crippen LogP contribution is 2.35. The van der Waals surface area contributed by atoms with Crippen LogP contribution in [0.5, 0.6) is 0 Å². The lowest BCUT2D eigenvalue weighted by molar-refractivity contribution is 0.102. The second-order valence-electron chi connectivity index (χ2n) is 6.17. The number of hydrogen-bond acceptors (Lipinski definition) is 4. The average Bonchev–Trinajstić information content (AvgIpc) is 3.05. The molecular formula is C17H19N3O2. The van der Waals surface area contributed by atoms with Crippen LogP contribution in [0, 0.1) is 0 Å². The molecule has 2 aliphatic rings. The lowest BCUT2D eigenvalue weighted by atomic mass is 9.85. The molecule has 1 amide bonds. The summed E-state index contributed by atoms with van der Waals surface area (Å²) in [7, 11) is 2.07. The van der Waals surface area contributed by atoms with Crippen LogP contribution in [-0.4, -0.2) is 24.5 Å². The Hall–Kier alpha value is -2.30. The molecule has 1 aliphatic heterocycles. The van der Waals surface area contributed by atoms with Crippen molar-refractivity contribution < 1.29 is 9.21 Å². The summed E-state index contributed by atoms with van der Waals surface area (Å²) in [6.45, 7) is 1.03. The molecule has 22 heavy (non-hydrogen) atoms. The minimum atomic E-state index is -0.213. The van der Waals surface area contributed by atoms with Gasteiger partial charge in [0.15, 0.2) is 11.6 Å². The summed E-state index contributed by atoms with van der Waals surface area (Å²) in [6, 6.07) is 6.05. The van der Waals surface area contributed by atoms with Crippen molar-refractivity contribution in [1.29, 1.82) is 0 Å². The number of aromatic nitrogens is 1. The molecule has 2 aromatic rings. The van der Waals surface area contributed by atoms with Crippen LogP contribution < -0.4 is 10.2 Å². The Morgan fingerprint density at radius 1 is 1.41 bits per heavy atom. The maximum Gasteiger partial charge on any atom is 0.277 e. The number of likely N-dealkylation sites (N-methyl/N-ethyl adjacent to an activating group) is 1. The van der Waals surface area contributed by atoms with E-state index in [1.54, 1.807) is 0 Å². The molecular weight excluding hydrogens is 278 g/mol. The van der Waals surface area contributed by atoms with E-state index in [-0.39, 0.29) is 5.91 Å². The van der Waals surface area contributed by atoms with Gasteiger partial charge in [-0.15, -0.1) is 0 Å². The first-order valence-corrected chi connectivity index (χ1v) is 7.81. The van der Waals surface area contributed by atoms with Crippen molar-refractivity contribution in [3.05, 3.63) is 41.6 Å². The van der Waals surface area contributed by atoms with E-state index in [0.29, 0.717) is 17.5 Å². The molecule has 1 aliphatic carbocycles. The van der Waals surface area contributed by atoms with Gasteiger partial charge in [-0.05, 0) is 37.0 Å². The number of hydrogen-bond donors (Lipinski definition) is 1. The number of benzene rings is 1. The number of anilines is 2. The Morgan fingerprint density at radius 2 is 2.27 bits per heavy atom. The zero-order chi connectivity index (χ0) is 15.1. The fourth-order valence-electron chi connectivity index (χ4n) is 3.05. The van der Waals surface area contributed by atoms with E-state index < -0.39 is 0 Å². The second kappa shape index (κ2) is 5.16. The molecule has 1 N–H and O–H groups in total. The van der Waals surface area contributed by atoms with Gasteiger partial charge in [-0.2, -0.15) is 0 Å². The maximum atomic E-state index is 12.3. The van der Waals surface area contributed by atoms with Crippen LogP contribution in [-0.2, 0) is 6.42 Å². The number of oxazole rings is 1. The third-order valence-electron chi connectivity index (χ3n) is 4.68. The van der Waals surface area contributed by atoms with Crippen LogP contribution >= 0.6 is 0 Å². The number of nitrogens with one attached hydrogen (secondary N) is 1. The highest BCUT2D eigenvalue weighted by atomic mass is 16.3. The molecule has 4 rings (SSSR count). The van der Waals surface area contributed by atoms with E-state index >= 15 is 0 Å². The van der Waals surface area contributed by atoms with E-state index in [2.05, 4.69) is 28.3 Å². The highest BCUT2D eigenvalue weighted by Gasteiger charge is 2.25. The second-order valence-corrected chi connectivity index (χ2v) is 6.17. The first kappa shape index (κ1) is 13.4. The summed E-state index contributed by atoms with van der Waals surface area (Å²) < 4.78 is 5.44. The Morgan fingerprint density at radius 3 is 3.05 bits per heavy atom. The molecule has 0 atom stereocenters. The summed E-state index contributed by atoms with van der Waals surface area (Å²) in [5, 5.41) is 2.91. The van der Waals surface area contributed by atoms with Gasteiger partial charge in [-0.25, -0.2) is 4.98 Å². The third-order valence-corrected chi connectivity index (χ3v) is 4.68. The van der Waals surface area contributed by atoms with Gasteiger partial charge in [0.05, 0.1) is 0 Å². The molecule has 0 bridgehead atoms. The summed E-state index contributed by atoms with van der Waals surface area (Å²) in [4.78, 5) is 18.8. The van der Waals surface area contributed by atoms with Gasteiger partial charge in [0.25, 0.3) is 5.91 Å². The third kappa shape index (κ3) is 2.26. The van der Waals surface area contributed by atoms with E-state index in [4.69, 9.17) is 4.42 Å². The van der Waals surface area contributed by atoms with Crippen molar-refractivity contribution in [3.63, 3.8) is 0 Å². The molecule has 1 saturated carbocycles. The van der Waals surface area contributed by atoms with Crippen molar-refractivity contribution in [2.45, 2.75) is 31.6 Å². The molecule has 1 fully saturated rings. The highest BCUT2D eigenvalue weighted by molar-refractivity contribution is 6.03. The lowest BCUT2D eigenvalue weighted by Crippen LogP contribution is -2.15. The van der Waals surface area contributed by atoms with Crippen molar-refractivity contribution >= 4 is 17.3 Å². The summed E-state index contributed by atoms with van der Waals surface area (Å²) in [5.74, 6) is 0.884. The number of fused-ring (bicyclic) bond motifs is 1.